The van der Waals surface area contributed by atoms with Crippen molar-refractivity contribution < 1.29 is 19.0 Å². The van der Waals surface area contributed by atoms with Crippen LogP contribution in [0, 0.1) is 0 Å². The van der Waals surface area contributed by atoms with E-state index in [-0.39, 0.29) is 5.91 Å². The summed E-state index contributed by atoms with van der Waals surface area (Å²) in [5, 5.41) is 2.81. The van der Waals surface area contributed by atoms with E-state index in [1.807, 2.05) is 0 Å². The van der Waals surface area contributed by atoms with Gasteiger partial charge in [0.15, 0.2) is 0 Å². The Morgan fingerprint density at radius 3 is 2.17 bits per heavy atom. The molecule has 23 heavy (non-hydrogen) atoms. The van der Waals surface area contributed by atoms with Gasteiger partial charge in [-0.15, -0.1) is 0 Å². The summed E-state index contributed by atoms with van der Waals surface area (Å²) in [5.74, 6) is 1.28. The number of nitrogens with one attached hydrogen (secondary N) is 1. The molecule has 122 valence electrons. The van der Waals surface area contributed by atoms with E-state index in [9.17, 15) is 4.79 Å². The molecule has 0 unspecified atom stereocenters. The molecule has 0 aliphatic rings. The van der Waals surface area contributed by atoms with Crippen molar-refractivity contribution in [1.29, 1.82) is 0 Å². The summed E-state index contributed by atoms with van der Waals surface area (Å²) in [4.78, 5) is 12.5. The molecule has 2 aromatic carbocycles. The molecule has 0 fully saturated rings. The molecule has 6 heteroatoms. The molecule has 0 heterocycles. The van der Waals surface area contributed by atoms with Crippen LogP contribution in [0.2, 0.25) is 0 Å². The van der Waals surface area contributed by atoms with Gasteiger partial charge in [0.1, 0.15) is 29.4 Å². The molecule has 0 radical (unpaired) electrons. The van der Waals surface area contributed by atoms with Crippen molar-refractivity contribution in [2.45, 2.75) is 0 Å². The van der Waals surface area contributed by atoms with Crippen molar-refractivity contribution in [2.75, 3.05) is 32.7 Å². The van der Waals surface area contributed by atoms with Crippen molar-refractivity contribution in [3.8, 4) is 17.2 Å². The lowest BCUT2D eigenvalue weighted by atomic mass is 10.1. The molecule has 0 aliphatic carbocycles. The first-order valence-electron chi connectivity index (χ1n) is 7.15. The number of carbonyl (C=O) groups excluding carboxylic acids is 1. The number of methoxy groups -OCH3 is 2. The van der Waals surface area contributed by atoms with E-state index in [1.54, 1.807) is 42.5 Å². The summed E-state index contributed by atoms with van der Waals surface area (Å²) < 4.78 is 15.9. The lowest BCUT2D eigenvalue weighted by Crippen LogP contribution is -2.14. The van der Waals surface area contributed by atoms with Gasteiger partial charge in [-0.25, -0.2) is 0 Å². The SMILES string of the molecule is COc1cccc(OC)c1C(=O)Nc1ccc(OCCN)cc1. The first-order valence-corrected chi connectivity index (χ1v) is 7.15. The summed E-state index contributed by atoms with van der Waals surface area (Å²) in [6.45, 7) is 0.899. The fourth-order valence-corrected chi connectivity index (χ4v) is 2.08. The third kappa shape index (κ3) is 4.14. The van der Waals surface area contributed by atoms with Crippen LogP contribution in [0.15, 0.2) is 42.5 Å². The van der Waals surface area contributed by atoms with E-state index in [2.05, 4.69) is 5.32 Å². The third-order valence-corrected chi connectivity index (χ3v) is 3.15. The Labute approximate surface area is 135 Å². The monoisotopic (exact) mass is 316 g/mol. The maximum absolute atomic E-state index is 12.5. The van der Waals surface area contributed by atoms with Gasteiger partial charge in [0.05, 0.1) is 14.2 Å². The molecule has 0 aromatic heterocycles. The van der Waals surface area contributed by atoms with E-state index in [1.165, 1.54) is 14.2 Å². The minimum atomic E-state index is -0.310. The summed E-state index contributed by atoms with van der Waals surface area (Å²) in [7, 11) is 3.02. The minimum absolute atomic E-state index is 0.310. The van der Waals surface area contributed by atoms with Gasteiger partial charge in [-0.05, 0) is 36.4 Å². The molecule has 6 nitrogen and oxygen atoms in total. The maximum Gasteiger partial charge on any atom is 0.263 e. The minimum Gasteiger partial charge on any atom is -0.496 e. The standard InChI is InChI=1S/C17H20N2O4/c1-21-14-4-3-5-15(22-2)16(14)17(20)19-12-6-8-13(9-7-12)23-11-10-18/h3-9H,10-11,18H2,1-2H3,(H,19,20). The van der Waals surface area contributed by atoms with E-state index in [4.69, 9.17) is 19.9 Å². The molecule has 0 saturated carbocycles. The molecule has 1 amide bonds. The van der Waals surface area contributed by atoms with Gasteiger partial charge >= 0.3 is 0 Å². The highest BCUT2D eigenvalue weighted by molar-refractivity contribution is 6.08. The smallest absolute Gasteiger partial charge is 0.263 e. The van der Waals surface area contributed by atoms with Crippen LogP contribution in [0.25, 0.3) is 0 Å². The highest BCUT2D eigenvalue weighted by Crippen LogP contribution is 2.29. The van der Waals surface area contributed by atoms with Crippen LogP contribution in [-0.4, -0.2) is 33.3 Å². The number of rotatable bonds is 7. The third-order valence-electron chi connectivity index (χ3n) is 3.15. The molecule has 2 aromatic rings. The first-order chi connectivity index (χ1) is 11.2. The number of carbonyl (C=O) groups is 1. The number of hydrogen-bond donors (Lipinski definition) is 2. The summed E-state index contributed by atoms with van der Waals surface area (Å²) in [5.41, 5.74) is 6.38. The number of ether oxygens (including phenoxy) is 3. The molecular formula is C17H20N2O4. The second-order valence-corrected chi connectivity index (χ2v) is 4.65. The van der Waals surface area contributed by atoms with E-state index >= 15 is 0 Å². The van der Waals surface area contributed by atoms with Gasteiger partial charge in [0, 0.05) is 12.2 Å². The lowest BCUT2D eigenvalue weighted by Gasteiger charge is -2.13. The second kappa shape index (κ2) is 8.05. The Morgan fingerprint density at radius 2 is 1.65 bits per heavy atom. The quantitative estimate of drug-likeness (QED) is 0.819. The summed E-state index contributed by atoms with van der Waals surface area (Å²) in [6.07, 6.45) is 0. The number of amides is 1. The normalized spacial score (nSPS) is 10.0. The summed E-state index contributed by atoms with van der Waals surface area (Å²) in [6, 6.07) is 12.2. The zero-order valence-corrected chi connectivity index (χ0v) is 13.2. The molecule has 0 aliphatic heterocycles. The number of nitrogens with two attached hydrogens (primary N) is 1. The molecular weight excluding hydrogens is 296 g/mol. The Bertz CT molecular complexity index is 634. The van der Waals surface area contributed by atoms with Crippen molar-refractivity contribution >= 4 is 11.6 Å². The Hall–Kier alpha value is -2.73. The fraction of sp³-hybridized carbons (Fsp3) is 0.235. The highest BCUT2D eigenvalue weighted by Gasteiger charge is 2.18. The zero-order chi connectivity index (χ0) is 16.7. The van der Waals surface area contributed by atoms with Crippen LogP contribution in [0.5, 0.6) is 17.2 Å². The van der Waals surface area contributed by atoms with Gasteiger partial charge in [0.2, 0.25) is 0 Å². The fourth-order valence-electron chi connectivity index (χ4n) is 2.08. The maximum atomic E-state index is 12.5. The van der Waals surface area contributed by atoms with Gasteiger partial charge in [-0.2, -0.15) is 0 Å². The van der Waals surface area contributed by atoms with Gasteiger partial charge in [-0.1, -0.05) is 6.07 Å². The van der Waals surface area contributed by atoms with Crippen molar-refractivity contribution in [3.05, 3.63) is 48.0 Å². The van der Waals surface area contributed by atoms with Crippen LogP contribution in [0.3, 0.4) is 0 Å². The molecule has 0 atom stereocenters. The van der Waals surface area contributed by atoms with Crippen molar-refractivity contribution in [1.82, 2.24) is 0 Å². The van der Waals surface area contributed by atoms with Crippen LogP contribution < -0.4 is 25.3 Å². The highest BCUT2D eigenvalue weighted by atomic mass is 16.5. The Balaban J connectivity index is 2.16. The second-order valence-electron chi connectivity index (χ2n) is 4.65. The Kier molecular flexibility index (Phi) is 5.82. The molecule has 3 N–H and O–H groups in total. The predicted molar refractivity (Wildman–Crippen MR) is 88.5 cm³/mol. The number of hydrogen-bond acceptors (Lipinski definition) is 5. The number of anilines is 1. The van der Waals surface area contributed by atoms with Crippen molar-refractivity contribution in [2.24, 2.45) is 5.73 Å². The molecule has 0 saturated heterocycles. The number of benzene rings is 2. The topological polar surface area (TPSA) is 82.8 Å². The molecule has 0 bridgehead atoms. The van der Waals surface area contributed by atoms with Crippen LogP contribution in [0.4, 0.5) is 5.69 Å². The lowest BCUT2D eigenvalue weighted by molar-refractivity contribution is 0.102. The molecule has 2 rings (SSSR count). The molecule has 0 spiro atoms. The van der Waals surface area contributed by atoms with Gasteiger partial charge < -0.3 is 25.3 Å². The van der Waals surface area contributed by atoms with E-state index in [0.717, 1.165) is 0 Å². The van der Waals surface area contributed by atoms with Gasteiger partial charge in [0.25, 0.3) is 5.91 Å². The van der Waals surface area contributed by atoms with Crippen LogP contribution >= 0.6 is 0 Å². The summed E-state index contributed by atoms with van der Waals surface area (Å²) >= 11 is 0. The van der Waals surface area contributed by atoms with Crippen LogP contribution in [-0.2, 0) is 0 Å². The predicted octanol–water partition coefficient (Wildman–Crippen LogP) is 2.29. The average molecular weight is 316 g/mol. The Morgan fingerprint density at radius 1 is 1.04 bits per heavy atom. The largest absolute Gasteiger partial charge is 0.496 e. The zero-order valence-electron chi connectivity index (χ0n) is 13.2. The van der Waals surface area contributed by atoms with Gasteiger partial charge in [-0.3, -0.25) is 4.79 Å². The van der Waals surface area contributed by atoms with E-state index in [0.29, 0.717) is 41.7 Å². The first kappa shape index (κ1) is 16.6. The average Bonchev–Trinajstić information content (AvgIpc) is 2.60. The van der Waals surface area contributed by atoms with E-state index < -0.39 is 0 Å². The van der Waals surface area contributed by atoms with Crippen LogP contribution in [0.1, 0.15) is 10.4 Å². The van der Waals surface area contributed by atoms with Crippen molar-refractivity contribution in [3.63, 3.8) is 0 Å².